The molecule has 5 nitrogen and oxygen atoms in total. The maximum Gasteiger partial charge on any atom is 0.420 e. The van der Waals surface area contributed by atoms with Crippen LogP contribution in [0.2, 0.25) is 0 Å². The molecule has 0 aliphatic heterocycles. The number of allylic oxidation sites excluding steroid dienone is 1. The Morgan fingerprint density at radius 3 is 2.71 bits per heavy atom. The van der Waals surface area contributed by atoms with Gasteiger partial charge in [0.05, 0.1) is 6.61 Å². The number of ether oxygens (including phenoxy) is 1. The second-order valence-electron chi connectivity index (χ2n) is 3.57. The first-order valence-electron chi connectivity index (χ1n) is 5.91. The summed E-state index contributed by atoms with van der Waals surface area (Å²) in [6.45, 7) is 3.92. The van der Waals surface area contributed by atoms with E-state index >= 15 is 0 Å². The molecule has 17 heavy (non-hydrogen) atoms. The van der Waals surface area contributed by atoms with Gasteiger partial charge in [0, 0.05) is 0 Å². The number of unbranched alkanes of at least 4 members (excludes halogenated alkanes) is 3. The van der Waals surface area contributed by atoms with Gasteiger partial charge in [0.1, 0.15) is 0 Å². The Kier molecular flexibility index (Phi) is 8.92. The van der Waals surface area contributed by atoms with Gasteiger partial charge in [0.2, 0.25) is 0 Å². The Morgan fingerprint density at radius 2 is 2.18 bits per heavy atom. The van der Waals surface area contributed by atoms with Gasteiger partial charge >= 0.3 is 11.7 Å². The molecule has 0 amide bonds. The number of hydrogen-bond acceptors (Lipinski definition) is 3. The third-order valence-electron chi connectivity index (χ3n) is 2.17. The van der Waals surface area contributed by atoms with Crippen molar-refractivity contribution in [3.8, 4) is 0 Å². The van der Waals surface area contributed by atoms with Gasteiger partial charge in [-0.05, 0) is 25.8 Å². The molecular weight excluding hydrogens is 220 g/mol. The minimum atomic E-state index is -1.22. The second-order valence-corrected chi connectivity index (χ2v) is 3.57. The van der Waals surface area contributed by atoms with E-state index in [-0.39, 0.29) is 6.61 Å². The Labute approximate surface area is 102 Å². The maximum atomic E-state index is 11.2. The van der Waals surface area contributed by atoms with Crippen LogP contribution in [0.15, 0.2) is 12.2 Å². The van der Waals surface area contributed by atoms with Gasteiger partial charge in [-0.3, -0.25) is 0 Å². The molecule has 0 aliphatic carbocycles. The van der Waals surface area contributed by atoms with Crippen LogP contribution in [0.5, 0.6) is 0 Å². The fourth-order valence-electron chi connectivity index (χ4n) is 1.25. The van der Waals surface area contributed by atoms with Crippen LogP contribution < -0.4 is 0 Å². The SMILES string of the molecule is CCCCC/C=C\C(O)C(=[N+]=[N-])C(=O)OCC. The van der Waals surface area contributed by atoms with E-state index in [1.54, 1.807) is 13.0 Å². The smallest absolute Gasteiger partial charge is 0.420 e. The van der Waals surface area contributed by atoms with Crippen molar-refractivity contribution < 1.29 is 19.4 Å². The number of carbonyl (C=O) groups excluding carboxylic acids is 1. The molecule has 5 heteroatoms. The van der Waals surface area contributed by atoms with Gasteiger partial charge in [-0.25, -0.2) is 4.79 Å². The molecule has 1 N–H and O–H groups in total. The average Bonchev–Trinajstić information content (AvgIpc) is 2.30. The van der Waals surface area contributed by atoms with E-state index in [9.17, 15) is 9.90 Å². The Balaban J connectivity index is 4.22. The molecule has 0 spiro atoms. The van der Waals surface area contributed by atoms with E-state index in [0.29, 0.717) is 0 Å². The highest BCUT2D eigenvalue weighted by atomic mass is 16.5. The van der Waals surface area contributed by atoms with Crippen molar-refractivity contribution in [1.82, 2.24) is 0 Å². The molecule has 0 radical (unpaired) electrons. The molecular formula is C12H20N2O3. The van der Waals surface area contributed by atoms with Crippen molar-refractivity contribution >= 4 is 11.7 Å². The fourth-order valence-corrected chi connectivity index (χ4v) is 1.25. The standard InChI is InChI=1S/C12H20N2O3/c1-3-5-6-7-8-9-10(15)11(14-13)12(16)17-4-2/h8-10,15H,3-7H2,1-2H3/b9-8-. The third-order valence-corrected chi connectivity index (χ3v) is 2.17. The fraction of sp³-hybridized carbons (Fsp3) is 0.667. The second kappa shape index (κ2) is 9.75. The number of carbonyl (C=O) groups is 1. The lowest BCUT2D eigenvalue weighted by atomic mass is 10.1. The highest BCUT2D eigenvalue weighted by Gasteiger charge is 2.28. The molecule has 96 valence electrons. The van der Waals surface area contributed by atoms with Gasteiger partial charge in [-0.2, -0.15) is 4.79 Å². The number of aliphatic hydroxyl groups excluding tert-OH is 1. The van der Waals surface area contributed by atoms with Crippen molar-refractivity contribution in [1.29, 1.82) is 0 Å². The largest absolute Gasteiger partial charge is 0.457 e. The molecule has 0 fully saturated rings. The molecule has 0 aromatic heterocycles. The summed E-state index contributed by atoms with van der Waals surface area (Å²) in [6.07, 6.45) is 6.09. The topological polar surface area (TPSA) is 82.9 Å². The van der Waals surface area contributed by atoms with E-state index in [1.807, 2.05) is 0 Å². The summed E-state index contributed by atoms with van der Waals surface area (Å²) in [5.41, 5.74) is 8.24. The molecule has 0 aromatic carbocycles. The van der Waals surface area contributed by atoms with Crippen LogP contribution in [0.25, 0.3) is 5.53 Å². The Hall–Kier alpha value is -1.45. The Morgan fingerprint density at radius 1 is 1.47 bits per heavy atom. The van der Waals surface area contributed by atoms with E-state index in [0.717, 1.165) is 25.7 Å². The van der Waals surface area contributed by atoms with Crippen LogP contribution >= 0.6 is 0 Å². The summed E-state index contributed by atoms with van der Waals surface area (Å²) in [4.78, 5) is 14.0. The minimum Gasteiger partial charge on any atom is -0.457 e. The number of nitrogens with zero attached hydrogens (tertiary/aromatic N) is 2. The lowest BCUT2D eigenvalue weighted by Gasteiger charge is -2.00. The van der Waals surface area contributed by atoms with Crippen LogP contribution in [-0.2, 0) is 9.53 Å². The maximum absolute atomic E-state index is 11.2. The summed E-state index contributed by atoms with van der Waals surface area (Å²) in [5, 5.41) is 9.58. The molecule has 0 aromatic rings. The summed E-state index contributed by atoms with van der Waals surface area (Å²) >= 11 is 0. The van der Waals surface area contributed by atoms with Crippen LogP contribution in [0.1, 0.15) is 39.5 Å². The molecule has 0 saturated heterocycles. The van der Waals surface area contributed by atoms with Gasteiger partial charge in [-0.15, -0.1) is 0 Å². The first-order chi connectivity index (χ1) is 8.17. The van der Waals surface area contributed by atoms with Gasteiger partial charge in [-0.1, -0.05) is 25.8 Å². The monoisotopic (exact) mass is 240 g/mol. The molecule has 1 unspecified atom stereocenters. The van der Waals surface area contributed by atoms with E-state index in [2.05, 4.69) is 16.5 Å². The first kappa shape index (κ1) is 15.6. The minimum absolute atomic E-state index is 0.171. The number of rotatable bonds is 8. The third kappa shape index (κ3) is 6.66. The van der Waals surface area contributed by atoms with Crippen molar-refractivity contribution in [3.63, 3.8) is 0 Å². The number of hydrogen-bond donors (Lipinski definition) is 1. The summed E-state index contributed by atoms with van der Waals surface area (Å²) in [5.74, 6) is -0.805. The van der Waals surface area contributed by atoms with E-state index in [4.69, 9.17) is 5.53 Å². The highest BCUT2D eigenvalue weighted by molar-refractivity contribution is 6.36. The average molecular weight is 240 g/mol. The van der Waals surface area contributed by atoms with E-state index < -0.39 is 17.8 Å². The zero-order valence-corrected chi connectivity index (χ0v) is 10.4. The summed E-state index contributed by atoms with van der Waals surface area (Å²) in [7, 11) is 0. The zero-order valence-electron chi connectivity index (χ0n) is 10.4. The molecule has 0 saturated carbocycles. The van der Waals surface area contributed by atoms with E-state index in [1.165, 1.54) is 6.08 Å². The van der Waals surface area contributed by atoms with Crippen molar-refractivity contribution in [2.24, 2.45) is 0 Å². The zero-order chi connectivity index (χ0) is 13.1. The number of aliphatic hydroxyl groups is 1. The predicted molar refractivity (Wildman–Crippen MR) is 64.5 cm³/mol. The summed E-state index contributed by atoms with van der Waals surface area (Å²) in [6, 6.07) is 0. The molecule has 1 atom stereocenters. The predicted octanol–water partition coefficient (Wildman–Crippen LogP) is 1.72. The number of esters is 1. The molecule has 0 rings (SSSR count). The Bertz CT molecular complexity index is 307. The van der Waals surface area contributed by atoms with Crippen LogP contribution in [0.4, 0.5) is 0 Å². The first-order valence-corrected chi connectivity index (χ1v) is 5.91. The van der Waals surface area contributed by atoms with Crippen molar-refractivity contribution in [2.75, 3.05) is 6.61 Å². The van der Waals surface area contributed by atoms with Crippen LogP contribution in [0.3, 0.4) is 0 Å². The summed E-state index contributed by atoms with van der Waals surface area (Å²) < 4.78 is 4.64. The van der Waals surface area contributed by atoms with Crippen molar-refractivity contribution in [3.05, 3.63) is 17.7 Å². The van der Waals surface area contributed by atoms with Gasteiger partial charge < -0.3 is 15.4 Å². The molecule has 0 heterocycles. The van der Waals surface area contributed by atoms with Gasteiger partial charge in [0.25, 0.3) is 0 Å². The lowest BCUT2D eigenvalue weighted by Crippen LogP contribution is -2.29. The quantitative estimate of drug-likeness (QED) is 0.175. The van der Waals surface area contributed by atoms with Crippen LogP contribution in [0, 0.1) is 0 Å². The normalized spacial score (nSPS) is 12.2. The van der Waals surface area contributed by atoms with Crippen molar-refractivity contribution in [2.45, 2.75) is 45.6 Å². The van der Waals surface area contributed by atoms with Gasteiger partial charge in [0.15, 0.2) is 6.10 Å². The molecule has 0 aliphatic rings. The van der Waals surface area contributed by atoms with Crippen LogP contribution in [-0.4, -0.2) is 34.3 Å². The molecule has 0 bridgehead atoms. The highest BCUT2D eigenvalue weighted by Crippen LogP contribution is 2.01. The lowest BCUT2D eigenvalue weighted by molar-refractivity contribution is -0.141.